The fourth-order valence-corrected chi connectivity index (χ4v) is 2.83. The number of halogens is 1. The highest BCUT2D eigenvalue weighted by Crippen LogP contribution is 2.38. The Morgan fingerprint density at radius 2 is 2.00 bits per heavy atom. The van der Waals surface area contributed by atoms with E-state index in [-0.39, 0.29) is 0 Å². The molecule has 0 atom stereocenters. The summed E-state index contributed by atoms with van der Waals surface area (Å²) in [5.41, 5.74) is 6.79. The molecule has 0 bridgehead atoms. The third-order valence-electron chi connectivity index (χ3n) is 3.62. The lowest BCUT2D eigenvalue weighted by molar-refractivity contribution is 0.304. The van der Waals surface area contributed by atoms with E-state index in [2.05, 4.69) is 6.07 Å². The van der Waals surface area contributed by atoms with Gasteiger partial charge in [-0.1, -0.05) is 30.9 Å². The van der Waals surface area contributed by atoms with Crippen molar-refractivity contribution in [3.63, 3.8) is 0 Å². The molecule has 1 saturated carbocycles. The van der Waals surface area contributed by atoms with Crippen LogP contribution in [-0.4, -0.2) is 13.2 Å². The van der Waals surface area contributed by atoms with E-state index >= 15 is 0 Å². The molecule has 1 aliphatic carbocycles. The van der Waals surface area contributed by atoms with Crippen LogP contribution in [0, 0.1) is 0 Å². The zero-order valence-corrected chi connectivity index (χ0v) is 11.6. The summed E-state index contributed by atoms with van der Waals surface area (Å²) in [4.78, 5) is 0. The summed E-state index contributed by atoms with van der Waals surface area (Å²) < 4.78 is 5.85. The number of nitrogens with two attached hydrogens (primary N) is 1. The third-order valence-corrected chi connectivity index (χ3v) is 3.86. The van der Waals surface area contributed by atoms with Crippen LogP contribution >= 0.6 is 11.6 Å². The maximum atomic E-state index is 6.12. The van der Waals surface area contributed by atoms with Gasteiger partial charge in [-0.3, -0.25) is 0 Å². The number of hydrogen-bond donors (Lipinski definition) is 1. The fourth-order valence-electron chi connectivity index (χ4n) is 2.65. The molecule has 0 saturated heterocycles. The third kappa shape index (κ3) is 3.63. The summed E-state index contributed by atoms with van der Waals surface area (Å²) in [6.07, 6.45) is 7.41. The van der Waals surface area contributed by atoms with Gasteiger partial charge in [-0.25, -0.2) is 0 Å². The highest BCUT2D eigenvalue weighted by molar-refractivity contribution is 6.30. The largest absolute Gasteiger partial charge is 0.493 e. The molecule has 0 amide bonds. The molecule has 1 fully saturated rings. The number of ether oxygens (including phenoxy) is 1. The summed E-state index contributed by atoms with van der Waals surface area (Å²) in [7, 11) is 0. The first-order chi connectivity index (χ1) is 8.81. The average Bonchev–Trinajstić information content (AvgIpc) is 2.41. The van der Waals surface area contributed by atoms with E-state index in [4.69, 9.17) is 22.1 Å². The lowest BCUT2D eigenvalue weighted by Gasteiger charge is -2.24. The van der Waals surface area contributed by atoms with Crippen LogP contribution in [0.15, 0.2) is 18.2 Å². The Morgan fingerprint density at radius 1 is 1.22 bits per heavy atom. The van der Waals surface area contributed by atoms with Gasteiger partial charge in [0.05, 0.1) is 6.61 Å². The van der Waals surface area contributed by atoms with Crippen LogP contribution in [-0.2, 0) is 0 Å². The molecule has 2 N–H and O–H groups in total. The Morgan fingerprint density at radius 3 is 2.72 bits per heavy atom. The Labute approximate surface area is 114 Å². The van der Waals surface area contributed by atoms with E-state index in [1.54, 1.807) is 0 Å². The van der Waals surface area contributed by atoms with Crippen molar-refractivity contribution in [2.24, 2.45) is 5.73 Å². The van der Waals surface area contributed by atoms with Crippen LogP contribution in [0.3, 0.4) is 0 Å². The second-order valence-electron chi connectivity index (χ2n) is 5.01. The molecule has 100 valence electrons. The quantitative estimate of drug-likeness (QED) is 0.815. The minimum Gasteiger partial charge on any atom is -0.493 e. The topological polar surface area (TPSA) is 35.2 Å². The fraction of sp³-hybridized carbons (Fsp3) is 0.600. The molecule has 1 aromatic carbocycles. The van der Waals surface area contributed by atoms with Gasteiger partial charge in [0.2, 0.25) is 0 Å². The standard InChI is InChI=1S/C15H22ClNO/c16-13-7-8-15(18-10-4-9-17)14(11-13)12-5-2-1-3-6-12/h7-8,11-12H,1-6,9-10,17H2. The average molecular weight is 268 g/mol. The minimum atomic E-state index is 0.616. The molecular weight excluding hydrogens is 246 g/mol. The summed E-state index contributed by atoms with van der Waals surface area (Å²) in [6.45, 7) is 1.37. The van der Waals surface area contributed by atoms with E-state index in [1.165, 1.54) is 37.7 Å². The Balaban J connectivity index is 2.11. The molecule has 0 radical (unpaired) electrons. The van der Waals surface area contributed by atoms with Crippen LogP contribution in [0.4, 0.5) is 0 Å². The second kappa shape index (κ2) is 7.01. The van der Waals surface area contributed by atoms with Gasteiger partial charge in [0, 0.05) is 5.02 Å². The second-order valence-corrected chi connectivity index (χ2v) is 5.44. The first kappa shape index (κ1) is 13.7. The predicted octanol–water partition coefficient (Wildman–Crippen LogP) is 4.12. The van der Waals surface area contributed by atoms with Crippen LogP contribution < -0.4 is 10.5 Å². The molecule has 0 heterocycles. The van der Waals surface area contributed by atoms with Crippen molar-refractivity contribution in [3.8, 4) is 5.75 Å². The number of rotatable bonds is 5. The van der Waals surface area contributed by atoms with Gasteiger partial charge in [-0.2, -0.15) is 0 Å². The number of benzene rings is 1. The van der Waals surface area contributed by atoms with Crippen molar-refractivity contribution in [1.29, 1.82) is 0 Å². The zero-order chi connectivity index (χ0) is 12.8. The summed E-state index contributed by atoms with van der Waals surface area (Å²) in [5.74, 6) is 1.62. The van der Waals surface area contributed by atoms with Gasteiger partial charge < -0.3 is 10.5 Å². The molecule has 2 nitrogen and oxygen atoms in total. The van der Waals surface area contributed by atoms with Crippen LogP contribution in [0.1, 0.15) is 50.0 Å². The highest BCUT2D eigenvalue weighted by atomic mass is 35.5. The van der Waals surface area contributed by atoms with Gasteiger partial charge in [0.15, 0.2) is 0 Å². The minimum absolute atomic E-state index is 0.616. The molecule has 0 aliphatic heterocycles. The van der Waals surface area contributed by atoms with Gasteiger partial charge in [-0.05, 0) is 55.5 Å². The van der Waals surface area contributed by atoms with E-state index in [9.17, 15) is 0 Å². The Hall–Kier alpha value is -0.730. The van der Waals surface area contributed by atoms with Crippen molar-refractivity contribution >= 4 is 11.6 Å². The van der Waals surface area contributed by atoms with Gasteiger partial charge in [-0.15, -0.1) is 0 Å². The summed E-state index contributed by atoms with van der Waals surface area (Å²) >= 11 is 6.12. The van der Waals surface area contributed by atoms with E-state index in [1.807, 2.05) is 12.1 Å². The Bertz CT molecular complexity index is 375. The van der Waals surface area contributed by atoms with Crippen LogP contribution in [0.2, 0.25) is 5.02 Å². The molecule has 18 heavy (non-hydrogen) atoms. The van der Waals surface area contributed by atoms with Gasteiger partial charge >= 0.3 is 0 Å². The smallest absolute Gasteiger partial charge is 0.122 e. The predicted molar refractivity (Wildman–Crippen MR) is 76.4 cm³/mol. The van der Waals surface area contributed by atoms with Crippen molar-refractivity contribution in [3.05, 3.63) is 28.8 Å². The van der Waals surface area contributed by atoms with E-state index in [0.717, 1.165) is 17.2 Å². The molecule has 0 aromatic heterocycles. The van der Waals surface area contributed by atoms with Crippen molar-refractivity contribution in [2.75, 3.05) is 13.2 Å². The molecule has 2 rings (SSSR count). The van der Waals surface area contributed by atoms with Crippen molar-refractivity contribution in [1.82, 2.24) is 0 Å². The van der Waals surface area contributed by atoms with E-state index < -0.39 is 0 Å². The van der Waals surface area contributed by atoms with Crippen LogP contribution in [0.25, 0.3) is 0 Å². The normalized spacial score (nSPS) is 16.8. The first-order valence-electron chi connectivity index (χ1n) is 6.93. The number of hydrogen-bond acceptors (Lipinski definition) is 2. The van der Waals surface area contributed by atoms with E-state index in [0.29, 0.717) is 19.1 Å². The monoisotopic (exact) mass is 267 g/mol. The van der Waals surface area contributed by atoms with Crippen molar-refractivity contribution < 1.29 is 4.74 Å². The molecular formula is C15H22ClNO. The maximum Gasteiger partial charge on any atom is 0.122 e. The first-order valence-corrected chi connectivity index (χ1v) is 7.31. The van der Waals surface area contributed by atoms with Gasteiger partial charge in [0.25, 0.3) is 0 Å². The Kier molecular flexibility index (Phi) is 5.33. The molecule has 0 spiro atoms. The molecule has 1 aromatic rings. The lowest BCUT2D eigenvalue weighted by atomic mass is 9.84. The summed E-state index contributed by atoms with van der Waals surface area (Å²) in [6, 6.07) is 5.99. The van der Waals surface area contributed by atoms with Gasteiger partial charge in [0.1, 0.15) is 5.75 Å². The zero-order valence-electron chi connectivity index (χ0n) is 10.8. The van der Waals surface area contributed by atoms with Crippen molar-refractivity contribution in [2.45, 2.75) is 44.4 Å². The maximum absolute atomic E-state index is 6.12. The van der Waals surface area contributed by atoms with Crippen LogP contribution in [0.5, 0.6) is 5.75 Å². The summed E-state index contributed by atoms with van der Waals surface area (Å²) in [5, 5.41) is 0.807. The molecule has 3 heteroatoms. The SMILES string of the molecule is NCCCOc1ccc(Cl)cc1C1CCCCC1. The molecule has 1 aliphatic rings. The molecule has 0 unspecified atom stereocenters. The lowest BCUT2D eigenvalue weighted by Crippen LogP contribution is -2.10. The highest BCUT2D eigenvalue weighted by Gasteiger charge is 2.19.